The van der Waals surface area contributed by atoms with Gasteiger partial charge in [0.05, 0.1) is 11.2 Å². The zero-order chi connectivity index (χ0) is 11.1. The smallest absolute Gasteiger partial charge is 0.399 e. The largest absolute Gasteiger partial charge is 0.494 e. The second kappa shape index (κ2) is 3.36. The SMILES string of the molecule is CC1(C)OB(c2c[c]ccc2)OC1(C)C. The summed E-state index contributed by atoms with van der Waals surface area (Å²) in [5.41, 5.74) is 0.484. The fourth-order valence-electron chi connectivity index (χ4n) is 1.53. The van der Waals surface area contributed by atoms with Gasteiger partial charge in [-0.05, 0) is 39.2 Å². The van der Waals surface area contributed by atoms with Gasteiger partial charge in [-0.25, -0.2) is 0 Å². The highest BCUT2D eigenvalue weighted by molar-refractivity contribution is 6.62. The quantitative estimate of drug-likeness (QED) is 0.647. The van der Waals surface area contributed by atoms with Gasteiger partial charge < -0.3 is 9.31 Å². The average Bonchev–Trinajstić information content (AvgIpc) is 2.38. The van der Waals surface area contributed by atoms with Crippen LogP contribution in [0.15, 0.2) is 24.3 Å². The average molecular weight is 203 g/mol. The molecule has 0 atom stereocenters. The molecule has 79 valence electrons. The Bertz CT molecular complexity index is 330. The second-order valence-corrected chi connectivity index (χ2v) is 4.93. The van der Waals surface area contributed by atoms with Crippen LogP contribution in [0.25, 0.3) is 0 Å². The number of hydrogen-bond acceptors (Lipinski definition) is 2. The monoisotopic (exact) mass is 203 g/mol. The van der Waals surface area contributed by atoms with E-state index >= 15 is 0 Å². The van der Waals surface area contributed by atoms with Gasteiger partial charge >= 0.3 is 7.12 Å². The summed E-state index contributed by atoms with van der Waals surface area (Å²) in [6.45, 7) is 8.22. The molecule has 1 aromatic rings. The lowest BCUT2D eigenvalue weighted by molar-refractivity contribution is 0.00578. The lowest BCUT2D eigenvalue weighted by Crippen LogP contribution is -2.41. The standard InChI is InChI=1S/C12H16BO2/c1-11(2)12(3,4)15-13(14-11)10-8-6-5-7-9-10/h5-6,8-9H,1-4H3. The van der Waals surface area contributed by atoms with E-state index < -0.39 is 0 Å². The third kappa shape index (κ3) is 1.82. The topological polar surface area (TPSA) is 18.5 Å². The summed E-state index contributed by atoms with van der Waals surface area (Å²) < 4.78 is 11.8. The normalized spacial score (nSPS) is 23.1. The summed E-state index contributed by atoms with van der Waals surface area (Å²) in [7, 11) is -0.271. The lowest BCUT2D eigenvalue weighted by Gasteiger charge is -2.32. The van der Waals surface area contributed by atoms with Gasteiger partial charge in [0.25, 0.3) is 0 Å². The van der Waals surface area contributed by atoms with E-state index in [0.717, 1.165) is 5.46 Å². The first-order valence-electron chi connectivity index (χ1n) is 5.24. The van der Waals surface area contributed by atoms with Gasteiger partial charge in [-0.3, -0.25) is 0 Å². The van der Waals surface area contributed by atoms with Crippen LogP contribution >= 0.6 is 0 Å². The molecule has 15 heavy (non-hydrogen) atoms. The van der Waals surface area contributed by atoms with Gasteiger partial charge in [0.1, 0.15) is 0 Å². The van der Waals surface area contributed by atoms with Crippen LogP contribution < -0.4 is 5.46 Å². The maximum atomic E-state index is 5.91. The predicted octanol–water partition coefficient (Wildman–Crippen LogP) is 1.79. The van der Waals surface area contributed by atoms with E-state index in [0.29, 0.717) is 0 Å². The molecule has 0 aliphatic carbocycles. The zero-order valence-corrected chi connectivity index (χ0v) is 9.70. The highest BCUT2D eigenvalue weighted by Gasteiger charge is 2.51. The first-order chi connectivity index (χ1) is 6.92. The molecule has 2 rings (SSSR count). The molecular formula is C12H16BO2. The molecule has 0 unspecified atom stereocenters. The highest BCUT2D eigenvalue weighted by Crippen LogP contribution is 2.36. The van der Waals surface area contributed by atoms with Crippen LogP contribution in [-0.4, -0.2) is 18.3 Å². The lowest BCUT2D eigenvalue weighted by atomic mass is 9.79. The minimum absolute atomic E-state index is 0.270. The molecule has 0 spiro atoms. The summed E-state index contributed by atoms with van der Waals surface area (Å²) >= 11 is 0. The molecule has 0 aromatic heterocycles. The molecule has 1 heterocycles. The van der Waals surface area contributed by atoms with Crippen LogP contribution in [0.2, 0.25) is 0 Å². The van der Waals surface area contributed by atoms with E-state index in [-0.39, 0.29) is 18.3 Å². The van der Waals surface area contributed by atoms with E-state index in [1.165, 1.54) is 0 Å². The Hall–Kier alpha value is -0.795. The Morgan fingerprint density at radius 1 is 1.13 bits per heavy atom. The third-order valence-electron chi connectivity index (χ3n) is 3.26. The molecule has 0 N–H and O–H groups in total. The summed E-state index contributed by atoms with van der Waals surface area (Å²) in [5.74, 6) is 0. The molecule has 1 aromatic carbocycles. The molecule has 1 fully saturated rings. The van der Waals surface area contributed by atoms with E-state index in [1.54, 1.807) is 0 Å². The Morgan fingerprint density at radius 3 is 2.20 bits per heavy atom. The molecule has 1 aliphatic heterocycles. The van der Waals surface area contributed by atoms with E-state index in [1.807, 2.05) is 24.3 Å². The van der Waals surface area contributed by atoms with Gasteiger partial charge in [-0.15, -0.1) is 0 Å². The highest BCUT2D eigenvalue weighted by atomic mass is 16.7. The Morgan fingerprint density at radius 2 is 1.73 bits per heavy atom. The van der Waals surface area contributed by atoms with Crippen molar-refractivity contribution in [3.05, 3.63) is 30.3 Å². The molecule has 0 bridgehead atoms. The van der Waals surface area contributed by atoms with Crippen LogP contribution in [0.3, 0.4) is 0 Å². The number of hydrogen-bond donors (Lipinski definition) is 0. The van der Waals surface area contributed by atoms with Gasteiger partial charge in [0, 0.05) is 0 Å². The number of benzene rings is 1. The molecule has 0 saturated carbocycles. The van der Waals surface area contributed by atoms with Crippen molar-refractivity contribution in [2.24, 2.45) is 0 Å². The molecule has 2 nitrogen and oxygen atoms in total. The van der Waals surface area contributed by atoms with Gasteiger partial charge in [-0.1, -0.05) is 24.3 Å². The van der Waals surface area contributed by atoms with Gasteiger partial charge in [0.15, 0.2) is 0 Å². The Kier molecular flexibility index (Phi) is 2.40. The van der Waals surface area contributed by atoms with Crippen LogP contribution in [0.4, 0.5) is 0 Å². The second-order valence-electron chi connectivity index (χ2n) is 4.93. The summed E-state index contributed by atoms with van der Waals surface area (Å²) in [6.07, 6.45) is 0. The summed E-state index contributed by atoms with van der Waals surface area (Å²) in [5, 5.41) is 0. The molecule has 3 heteroatoms. The van der Waals surface area contributed by atoms with Crippen molar-refractivity contribution in [1.29, 1.82) is 0 Å². The van der Waals surface area contributed by atoms with Crippen molar-refractivity contribution in [3.63, 3.8) is 0 Å². The van der Waals surface area contributed by atoms with Crippen molar-refractivity contribution < 1.29 is 9.31 Å². The Labute approximate surface area is 91.7 Å². The first-order valence-corrected chi connectivity index (χ1v) is 5.24. The molecule has 1 radical (unpaired) electrons. The minimum atomic E-state index is -0.271. The maximum Gasteiger partial charge on any atom is 0.494 e. The number of rotatable bonds is 1. The fourth-order valence-corrected chi connectivity index (χ4v) is 1.53. The first kappa shape index (κ1) is 10.7. The van der Waals surface area contributed by atoms with Gasteiger partial charge in [-0.2, -0.15) is 0 Å². The predicted molar refractivity (Wildman–Crippen MR) is 61.0 cm³/mol. The summed E-state index contributed by atoms with van der Waals surface area (Å²) in [4.78, 5) is 0. The van der Waals surface area contributed by atoms with Crippen molar-refractivity contribution in [2.45, 2.75) is 38.9 Å². The van der Waals surface area contributed by atoms with Crippen molar-refractivity contribution in [2.75, 3.05) is 0 Å². The van der Waals surface area contributed by atoms with Crippen LogP contribution in [0.1, 0.15) is 27.7 Å². The Balaban J connectivity index is 2.24. The molecule has 0 amide bonds. The van der Waals surface area contributed by atoms with E-state index in [9.17, 15) is 0 Å². The molecule has 1 aliphatic rings. The zero-order valence-electron chi connectivity index (χ0n) is 9.70. The van der Waals surface area contributed by atoms with Gasteiger partial charge in [0.2, 0.25) is 0 Å². The van der Waals surface area contributed by atoms with Crippen LogP contribution in [0, 0.1) is 6.07 Å². The maximum absolute atomic E-state index is 5.91. The van der Waals surface area contributed by atoms with Crippen molar-refractivity contribution in [3.8, 4) is 0 Å². The molecule has 1 saturated heterocycles. The fraction of sp³-hybridized carbons (Fsp3) is 0.500. The summed E-state index contributed by atoms with van der Waals surface area (Å²) in [6, 6.07) is 10.8. The van der Waals surface area contributed by atoms with Crippen LogP contribution in [0.5, 0.6) is 0 Å². The van der Waals surface area contributed by atoms with Crippen molar-refractivity contribution in [1.82, 2.24) is 0 Å². The van der Waals surface area contributed by atoms with Crippen LogP contribution in [-0.2, 0) is 9.31 Å². The minimum Gasteiger partial charge on any atom is -0.399 e. The van der Waals surface area contributed by atoms with E-state index in [2.05, 4.69) is 33.8 Å². The van der Waals surface area contributed by atoms with E-state index in [4.69, 9.17) is 9.31 Å². The van der Waals surface area contributed by atoms with Crippen molar-refractivity contribution >= 4 is 12.6 Å². The molecular weight excluding hydrogens is 187 g/mol. The third-order valence-corrected chi connectivity index (χ3v) is 3.26.